The van der Waals surface area contributed by atoms with Crippen LogP contribution in [0.2, 0.25) is 0 Å². The Morgan fingerprint density at radius 3 is 2.30 bits per heavy atom. The van der Waals surface area contributed by atoms with Crippen LogP contribution in [-0.2, 0) is 0 Å². The second kappa shape index (κ2) is 7.41. The molecule has 0 radical (unpaired) electrons. The second-order valence-electron chi connectivity index (χ2n) is 6.45. The highest BCUT2D eigenvalue weighted by Gasteiger charge is 2.13. The number of pyridine rings is 1. The summed E-state index contributed by atoms with van der Waals surface area (Å²) in [5.74, 6) is -0.522. The molecule has 27 heavy (non-hydrogen) atoms. The Bertz CT molecular complexity index is 990. The number of nitrogens with zero attached hydrogens (tertiary/aromatic N) is 4. The van der Waals surface area contributed by atoms with Gasteiger partial charge in [-0.05, 0) is 44.2 Å². The number of amides is 2. The van der Waals surface area contributed by atoms with Gasteiger partial charge in [-0.15, -0.1) is 0 Å². The van der Waals surface area contributed by atoms with Crippen molar-refractivity contribution in [2.24, 2.45) is 0 Å². The molecular weight excluding hydrogens is 342 g/mol. The van der Waals surface area contributed by atoms with Crippen LogP contribution in [0, 0.1) is 13.8 Å². The summed E-state index contributed by atoms with van der Waals surface area (Å²) >= 11 is 0. The lowest BCUT2D eigenvalue weighted by atomic mass is 10.1. The average molecular weight is 363 g/mol. The van der Waals surface area contributed by atoms with Gasteiger partial charge in [-0.2, -0.15) is 0 Å². The largest absolute Gasteiger partial charge is 0.345 e. The van der Waals surface area contributed by atoms with Crippen molar-refractivity contribution in [1.29, 1.82) is 0 Å². The number of carbonyl (C=O) groups is 2. The highest BCUT2D eigenvalue weighted by Crippen LogP contribution is 2.17. The zero-order valence-electron chi connectivity index (χ0n) is 15.7. The number of benzene rings is 1. The fourth-order valence-electron chi connectivity index (χ4n) is 2.61. The summed E-state index contributed by atoms with van der Waals surface area (Å²) in [6, 6.07) is 9.01. The molecule has 0 aliphatic rings. The molecule has 7 nitrogen and oxygen atoms in total. The summed E-state index contributed by atoms with van der Waals surface area (Å²) in [4.78, 5) is 34.2. The van der Waals surface area contributed by atoms with Gasteiger partial charge in [-0.1, -0.05) is 0 Å². The molecule has 0 unspecified atom stereocenters. The van der Waals surface area contributed by atoms with Crippen LogP contribution in [0.25, 0.3) is 5.69 Å². The first-order valence-electron chi connectivity index (χ1n) is 8.46. The van der Waals surface area contributed by atoms with E-state index in [2.05, 4.69) is 15.3 Å². The Labute approximate surface area is 157 Å². The molecule has 2 heterocycles. The summed E-state index contributed by atoms with van der Waals surface area (Å²) < 4.78 is 1.99. The minimum atomic E-state index is -0.321. The number of hydrogen-bond donors (Lipinski definition) is 1. The van der Waals surface area contributed by atoms with Crippen LogP contribution in [0.1, 0.15) is 32.1 Å². The Morgan fingerprint density at radius 2 is 1.70 bits per heavy atom. The van der Waals surface area contributed by atoms with Crippen molar-refractivity contribution in [3.8, 4) is 5.69 Å². The van der Waals surface area contributed by atoms with Crippen molar-refractivity contribution in [3.05, 3.63) is 71.6 Å². The molecule has 0 aliphatic carbocycles. The molecule has 0 aliphatic heterocycles. The molecule has 2 aromatic heterocycles. The zero-order valence-corrected chi connectivity index (χ0v) is 15.7. The van der Waals surface area contributed by atoms with Gasteiger partial charge in [0.2, 0.25) is 0 Å². The van der Waals surface area contributed by atoms with Crippen LogP contribution in [0.5, 0.6) is 0 Å². The molecule has 0 saturated carbocycles. The van der Waals surface area contributed by atoms with Gasteiger partial charge in [-0.3, -0.25) is 14.6 Å². The van der Waals surface area contributed by atoms with Gasteiger partial charge < -0.3 is 14.8 Å². The van der Waals surface area contributed by atoms with E-state index in [0.29, 0.717) is 16.8 Å². The number of hydrogen-bond acceptors (Lipinski definition) is 4. The van der Waals surface area contributed by atoms with Crippen molar-refractivity contribution < 1.29 is 9.59 Å². The van der Waals surface area contributed by atoms with Gasteiger partial charge in [0, 0.05) is 43.6 Å². The first-order chi connectivity index (χ1) is 12.9. The van der Waals surface area contributed by atoms with Crippen LogP contribution in [0.3, 0.4) is 0 Å². The van der Waals surface area contributed by atoms with Crippen molar-refractivity contribution in [2.45, 2.75) is 13.8 Å². The predicted octanol–water partition coefficient (Wildman–Crippen LogP) is 2.84. The molecule has 0 bridgehead atoms. The molecule has 2 amide bonds. The van der Waals surface area contributed by atoms with E-state index in [0.717, 1.165) is 17.1 Å². The number of anilines is 1. The van der Waals surface area contributed by atoms with E-state index >= 15 is 0 Å². The molecule has 7 heteroatoms. The van der Waals surface area contributed by atoms with E-state index in [-0.39, 0.29) is 11.8 Å². The lowest BCUT2D eigenvalue weighted by Crippen LogP contribution is -2.22. The topological polar surface area (TPSA) is 80.1 Å². The van der Waals surface area contributed by atoms with Gasteiger partial charge >= 0.3 is 0 Å². The second-order valence-corrected chi connectivity index (χ2v) is 6.45. The predicted molar refractivity (Wildman–Crippen MR) is 103 cm³/mol. The van der Waals surface area contributed by atoms with Gasteiger partial charge in [0.1, 0.15) is 0 Å². The molecule has 138 valence electrons. The number of aryl methyl sites for hydroxylation is 1. The molecule has 0 fully saturated rings. The molecular formula is C20H21N5O2. The van der Waals surface area contributed by atoms with Crippen molar-refractivity contribution in [3.63, 3.8) is 0 Å². The van der Waals surface area contributed by atoms with E-state index in [4.69, 9.17) is 0 Å². The van der Waals surface area contributed by atoms with E-state index in [9.17, 15) is 9.59 Å². The third-order valence-corrected chi connectivity index (χ3v) is 4.31. The van der Waals surface area contributed by atoms with Crippen molar-refractivity contribution >= 4 is 17.5 Å². The standard InChI is InChI=1S/C20H21N5O2/c1-13-14(2)25(12-22-13)18-7-5-17(6-8-18)23-19(26)15-9-16(11-21-10-15)20(27)24(3)4/h5-12H,1-4H3,(H,23,26). The van der Waals surface area contributed by atoms with Gasteiger partial charge in [-0.25, -0.2) is 4.98 Å². The van der Waals surface area contributed by atoms with Crippen LogP contribution in [0.4, 0.5) is 5.69 Å². The van der Waals surface area contributed by atoms with Crippen molar-refractivity contribution in [1.82, 2.24) is 19.4 Å². The highest BCUT2D eigenvalue weighted by molar-refractivity contribution is 6.05. The summed E-state index contributed by atoms with van der Waals surface area (Å²) in [6.45, 7) is 3.97. The number of imidazole rings is 1. The molecule has 0 saturated heterocycles. The number of nitrogens with one attached hydrogen (secondary N) is 1. The first kappa shape index (κ1) is 18.3. The Hall–Kier alpha value is -3.48. The van der Waals surface area contributed by atoms with E-state index in [1.807, 2.05) is 42.7 Å². The maximum atomic E-state index is 12.5. The molecule has 1 aromatic carbocycles. The smallest absolute Gasteiger partial charge is 0.257 e. The minimum absolute atomic E-state index is 0.201. The van der Waals surface area contributed by atoms with Gasteiger partial charge in [0.15, 0.2) is 0 Å². The van der Waals surface area contributed by atoms with Crippen LogP contribution in [0.15, 0.2) is 49.1 Å². The Kier molecular flexibility index (Phi) is 5.03. The third-order valence-electron chi connectivity index (χ3n) is 4.31. The van der Waals surface area contributed by atoms with Gasteiger partial charge in [0.25, 0.3) is 11.8 Å². The first-order valence-corrected chi connectivity index (χ1v) is 8.46. The minimum Gasteiger partial charge on any atom is -0.345 e. The van der Waals surface area contributed by atoms with Crippen molar-refractivity contribution in [2.75, 3.05) is 19.4 Å². The summed E-state index contributed by atoms with van der Waals surface area (Å²) in [7, 11) is 3.31. The van der Waals surface area contributed by atoms with Crippen LogP contribution in [-0.4, -0.2) is 45.3 Å². The SMILES string of the molecule is Cc1ncn(-c2ccc(NC(=O)c3cncc(C(=O)N(C)C)c3)cc2)c1C. The quantitative estimate of drug-likeness (QED) is 0.773. The lowest BCUT2D eigenvalue weighted by Gasteiger charge is -2.11. The third kappa shape index (κ3) is 3.87. The lowest BCUT2D eigenvalue weighted by molar-refractivity contribution is 0.0827. The summed E-state index contributed by atoms with van der Waals surface area (Å²) in [6.07, 6.45) is 4.66. The maximum Gasteiger partial charge on any atom is 0.257 e. The fourth-order valence-corrected chi connectivity index (χ4v) is 2.61. The number of aromatic nitrogens is 3. The number of carbonyl (C=O) groups excluding carboxylic acids is 2. The normalized spacial score (nSPS) is 10.5. The van der Waals surface area contributed by atoms with Crippen LogP contribution < -0.4 is 5.32 Å². The Morgan fingerprint density at radius 1 is 1.04 bits per heavy atom. The van der Waals surface area contributed by atoms with E-state index < -0.39 is 0 Å². The molecule has 1 N–H and O–H groups in total. The average Bonchev–Trinajstić information content (AvgIpc) is 3.00. The van der Waals surface area contributed by atoms with Gasteiger partial charge in [0.05, 0.1) is 23.1 Å². The summed E-state index contributed by atoms with van der Waals surface area (Å²) in [5, 5.41) is 2.82. The number of rotatable bonds is 4. The molecule has 3 rings (SSSR count). The Balaban J connectivity index is 1.76. The zero-order chi connectivity index (χ0) is 19.6. The van der Waals surface area contributed by atoms with Crippen LogP contribution >= 0.6 is 0 Å². The molecule has 0 spiro atoms. The highest BCUT2D eigenvalue weighted by atomic mass is 16.2. The summed E-state index contributed by atoms with van der Waals surface area (Å²) in [5.41, 5.74) is 4.36. The van der Waals surface area contributed by atoms with E-state index in [1.54, 1.807) is 20.4 Å². The van der Waals surface area contributed by atoms with E-state index in [1.165, 1.54) is 23.4 Å². The monoisotopic (exact) mass is 363 g/mol. The fraction of sp³-hybridized carbons (Fsp3) is 0.200. The molecule has 3 aromatic rings. The maximum absolute atomic E-state index is 12.5. The molecule has 0 atom stereocenters.